The van der Waals surface area contributed by atoms with Crippen molar-refractivity contribution in [2.24, 2.45) is 0 Å². The van der Waals surface area contributed by atoms with Gasteiger partial charge in [-0.1, -0.05) is 12.1 Å². The summed E-state index contributed by atoms with van der Waals surface area (Å²) in [7, 11) is 0. The lowest BCUT2D eigenvalue weighted by atomic mass is 10.0. The third kappa shape index (κ3) is 4.66. The molecule has 2 nitrogen and oxygen atoms in total. The molecule has 1 aromatic rings. The molecule has 0 radical (unpaired) electrons. The van der Waals surface area contributed by atoms with Crippen LogP contribution in [-0.4, -0.2) is 19.8 Å². The Morgan fingerprint density at radius 3 is 2.67 bits per heavy atom. The summed E-state index contributed by atoms with van der Waals surface area (Å²) in [5, 5.41) is 3.12. The van der Waals surface area contributed by atoms with E-state index in [1.807, 2.05) is 13.8 Å². The maximum absolute atomic E-state index is 12.5. The highest BCUT2D eigenvalue weighted by molar-refractivity contribution is 5.27. The van der Waals surface area contributed by atoms with Crippen molar-refractivity contribution >= 4 is 0 Å². The van der Waals surface area contributed by atoms with Crippen LogP contribution >= 0.6 is 0 Å². The first-order valence-corrected chi connectivity index (χ1v) is 5.93. The van der Waals surface area contributed by atoms with Gasteiger partial charge < -0.3 is 10.1 Å². The minimum Gasteiger partial charge on any atom is -0.380 e. The Morgan fingerprint density at radius 1 is 1.33 bits per heavy atom. The van der Waals surface area contributed by atoms with E-state index in [4.69, 9.17) is 4.74 Å². The smallest absolute Gasteiger partial charge is 0.380 e. The van der Waals surface area contributed by atoms with Gasteiger partial charge in [0.25, 0.3) is 0 Å². The Hall–Kier alpha value is -1.07. The topological polar surface area (TPSA) is 21.3 Å². The van der Waals surface area contributed by atoms with E-state index in [0.29, 0.717) is 25.3 Å². The van der Waals surface area contributed by atoms with Gasteiger partial charge in [0.1, 0.15) is 0 Å². The Morgan fingerprint density at radius 2 is 2.06 bits per heavy atom. The van der Waals surface area contributed by atoms with Crippen LogP contribution in [0.15, 0.2) is 24.3 Å². The van der Waals surface area contributed by atoms with Gasteiger partial charge in [0.2, 0.25) is 0 Å². The van der Waals surface area contributed by atoms with Crippen molar-refractivity contribution in [1.82, 2.24) is 5.32 Å². The molecule has 18 heavy (non-hydrogen) atoms. The van der Waals surface area contributed by atoms with Crippen molar-refractivity contribution < 1.29 is 17.9 Å². The summed E-state index contributed by atoms with van der Waals surface area (Å²) in [6.45, 7) is 5.54. The molecule has 0 aliphatic heterocycles. The normalized spacial score (nSPS) is 13.6. The first-order valence-electron chi connectivity index (χ1n) is 5.93. The number of hydrogen-bond donors (Lipinski definition) is 1. The van der Waals surface area contributed by atoms with E-state index in [2.05, 4.69) is 5.32 Å². The predicted molar refractivity (Wildman–Crippen MR) is 64.4 cm³/mol. The molecule has 0 saturated heterocycles. The summed E-state index contributed by atoms with van der Waals surface area (Å²) in [4.78, 5) is 0. The number of halogens is 3. The largest absolute Gasteiger partial charge is 0.416 e. The summed E-state index contributed by atoms with van der Waals surface area (Å²) < 4.78 is 42.8. The zero-order chi connectivity index (χ0) is 13.6. The van der Waals surface area contributed by atoms with Gasteiger partial charge in [-0.3, -0.25) is 0 Å². The lowest BCUT2D eigenvalue weighted by Crippen LogP contribution is -2.23. The van der Waals surface area contributed by atoms with Crippen molar-refractivity contribution in [2.45, 2.75) is 26.1 Å². The standard InChI is InChI=1S/C13H18F3NO/c1-3-18-8-7-17-10(2)11-5-4-6-12(9-11)13(14,15)16/h4-6,9-10,17H,3,7-8H2,1-2H3. The van der Waals surface area contributed by atoms with Gasteiger partial charge in [-0.15, -0.1) is 0 Å². The second kappa shape index (κ2) is 6.75. The van der Waals surface area contributed by atoms with Crippen LogP contribution in [0.1, 0.15) is 31.0 Å². The van der Waals surface area contributed by atoms with Gasteiger partial charge in [-0.2, -0.15) is 13.2 Å². The van der Waals surface area contributed by atoms with E-state index in [-0.39, 0.29) is 6.04 Å². The first kappa shape index (κ1) is 15.0. The van der Waals surface area contributed by atoms with Crippen LogP contribution in [0.5, 0.6) is 0 Å². The summed E-state index contributed by atoms with van der Waals surface area (Å²) in [6, 6.07) is 5.24. The van der Waals surface area contributed by atoms with Crippen LogP contribution < -0.4 is 5.32 Å². The number of benzene rings is 1. The molecular formula is C13H18F3NO. The average Bonchev–Trinajstić information content (AvgIpc) is 2.33. The van der Waals surface area contributed by atoms with Gasteiger partial charge in [-0.05, 0) is 31.5 Å². The van der Waals surface area contributed by atoms with Crippen molar-refractivity contribution in [2.75, 3.05) is 19.8 Å². The van der Waals surface area contributed by atoms with Gasteiger partial charge in [0, 0.05) is 19.2 Å². The van der Waals surface area contributed by atoms with Gasteiger partial charge in [-0.25, -0.2) is 0 Å². The number of ether oxygens (including phenoxy) is 1. The molecule has 0 saturated carbocycles. The molecule has 0 fully saturated rings. The van der Waals surface area contributed by atoms with Crippen molar-refractivity contribution in [3.63, 3.8) is 0 Å². The molecular weight excluding hydrogens is 243 g/mol. The second-order valence-electron chi connectivity index (χ2n) is 4.00. The minimum atomic E-state index is -4.29. The third-order valence-electron chi connectivity index (χ3n) is 2.62. The monoisotopic (exact) mass is 261 g/mol. The summed E-state index contributed by atoms with van der Waals surface area (Å²) in [6.07, 6.45) is -4.29. The molecule has 0 spiro atoms. The molecule has 1 atom stereocenters. The number of alkyl halides is 3. The Labute approximate surface area is 105 Å². The highest BCUT2D eigenvalue weighted by Crippen LogP contribution is 2.30. The summed E-state index contributed by atoms with van der Waals surface area (Å²) in [5.74, 6) is 0. The molecule has 1 rings (SSSR count). The molecule has 0 bridgehead atoms. The molecule has 0 aromatic heterocycles. The van der Waals surface area contributed by atoms with E-state index in [9.17, 15) is 13.2 Å². The fourth-order valence-electron chi connectivity index (χ4n) is 1.59. The summed E-state index contributed by atoms with van der Waals surface area (Å²) in [5.41, 5.74) is 0.0137. The van der Waals surface area contributed by atoms with E-state index in [1.165, 1.54) is 12.1 Å². The highest BCUT2D eigenvalue weighted by Gasteiger charge is 2.30. The number of nitrogens with one attached hydrogen (secondary N) is 1. The van der Waals surface area contributed by atoms with E-state index < -0.39 is 11.7 Å². The minimum absolute atomic E-state index is 0.132. The molecule has 102 valence electrons. The highest BCUT2D eigenvalue weighted by atomic mass is 19.4. The van der Waals surface area contributed by atoms with Gasteiger partial charge in [0.15, 0.2) is 0 Å². The van der Waals surface area contributed by atoms with Crippen molar-refractivity contribution in [3.05, 3.63) is 35.4 Å². The summed E-state index contributed by atoms with van der Waals surface area (Å²) >= 11 is 0. The first-order chi connectivity index (χ1) is 8.45. The van der Waals surface area contributed by atoms with E-state index in [1.54, 1.807) is 6.07 Å². The van der Waals surface area contributed by atoms with Gasteiger partial charge in [0.05, 0.1) is 12.2 Å². The Kier molecular flexibility index (Phi) is 5.62. The van der Waals surface area contributed by atoms with Crippen LogP contribution in [0.25, 0.3) is 0 Å². The van der Waals surface area contributed by atoms with Crippen LogP contribution in [0, 0.1) is 0 Å². The molecule has 5 heteroatoms. The molecule has 0 aliphatic carbocycles. The SMILES string of the molecule is CCOCCNC(C)c1cccc(C(F)(F)F)c1. The third-order valence-corrected chi connectivity index (χ3v) is 2.62. The fourth-order valence-corrected chi connectivity index (χ4v) is 1.59. The van der Waals surface area contributed by atoms with E-state index >= 15 is 0 Å². The molecule has 0 heterocycles. The van der Waals surface area contributed by atoms with Crippen molar-refractivity contribution in [3.8, 4) is 0 Å². The van der Waals surface area contributed by atoms with Gasteiger partial charge >= 0.3 is 6.18 Å². The predicted octanol–water partition coefficient (Wildman–Crippen LogP) is 3.39. The molecule has 0 amide bonds. The molecule has 0 aliphatic rings. The van der Waals surface area contributed by atoms with Crippen molar-refractivity contribution in [1.29, 1.82) is 0 Å². The quantitative estimate of drug-likeness (QED) is 0.792. The van der Waals surface area contributed by atoms with Crippen LogP contribution in [-0.2, 0) is 10.9 Å². The Balaban J connectivity index is 2.60. The van der Waals surface area contributed by atoms with E-state index in [0.717, 1.165) is 6.07 Å². The van der Waals surface area contributed by atoms with Crippen LogP contribution in [0.2, 0.25) is 0 Å². The maximum atomic E-state index is 12.5. The molecule has 1 aromatic carbocycles. The zero-order valence-corrected chi connectivity index (χ0v) is 10.6. The zero-order valence-electron chi connectivity index (χ0n) is 10.6. The number of hydrogen-bond acceptors (Lipinski definition) is 2. The molecule has 1 N–H and O–H groups in total. The van der Waals surface area contributed by atoms with Crippen LogP contribution in [0.3, 0.4) is 0 Å². The molecule has 1 unspecified atom stereocenters. The lowest BCUT2D eigenvalue weighted by Gasteiger charge is -2.16. The number of rotatable bonds is 6. The average molecular weight is 261 g/mol. The maximum Gasteiger partial charge on any atom is 0.416 e. The second-order valence-corrected chi connectivity index (χ2v) is 4.00. The lowest BCUT2D eigenvalue weighted by molar-refractivity contribution is -0.137. The van der Waals surface area contributed by atoms with Crippen LogP contribution in [0.4, 0.5) is 13.2 Å². The Bertz CT molecular complexity index is 365. The fraction of sp³-hybridized carbons (Fsp3) is 0.538.